The lowest BCUT2D eigenvalue weighted by Gasteiger charge is -2.24. The van der Waals surface area contributed by atoms with Crippen molar-refractivity contribution >= 4 is 12.6 Å². The molecule has 1 heterocycles. The minimum absolute atomic E-state index is 0.0333. The van der Waals surface area contributed by atoms with Crippen molar-refractivity contribution in [1.82, 2.24) is 0 Å². The van der Waals surface area contributed by atoms with Crippen molar-refractivity contribution in [2.75, 3.05) is 13.7 Å². The Hall–Kier alpha value is -1.71. The maximum atomic E-state index is 8.77. The first kappa shape index (κ1) is 17.6. The molecule has 1 aliphatic rings. The van der Waals surface area contributed by atoms with Gasteiger partial charge < -0.3 is 18.8 Å². The molecule has 5 nitrogen and oxygen atoms in total. The Kier molecular flexibility index (Phi) is 5.92. The van der Waals surface area contributed by atoms with Gasteiger partial charge in [0.2, 0.25) is 0 Å². The standard InChI is InChI=1S/C17H24BNO4/c1-11(2)16-17(12(3)4)23-18(22-16)14-7-6-13(20-5)10-15(14)21-9-8-19/h6-7,10-12,16-17H,9H2,1-5H3. The summed E-state index contributed by atoms with van der Waals surface area (Å²) >= 11 is 0. The second-order valence-corrected chi connectivity index (χ2v) is 6.37. The monoisotopic (exact) mass is 317 g/mol. The number of methoxy groups -OCH3 is 1. The van der Waals surface area contributed by atoms with Crippen LogP contribution in [0.15, 0.2) is 18.2 Å². The predicted molar refractivity (Wildman–Crippen MR) is 88.9 cm³/mol. The highest BCUT2D eigenvalue weighted by atomic mass is 16.7. The van der Waals surface area contributed by atoms with E-state index in [1.165, 1.54) is 0 Å². The second-order valence-electron chi connectivity index (χ2n) is 6.37. The van der Waals surface area contributed by atoms with Gasteiger partial charge in [-0.3, -0.25) is 0 Å². The van der Waals surface area contributed by atoms with Crippen LogP contribution in [0, 0.1) is 23.2 Å². The number of hydrogen-bond donors (Lipinski definition) is 0. The average molecular weight is 317 g/mol. The van der Waals surface area contributed by atoms with Gasteiger partial charge in [-0.05, 0) is 17.9 Å². The van der Waals surface area contributed by atoms with Crippen molar-refractivity contribution in [2.45, 2.75) is 39.9 Å². The average Bonchev–Trinajstić information content (AvgIpc) is 2.98. The van der Waals surface area contributed by atoms with Crippen LogP contribution in [0.4, 0.5) is 0 Å². The fraction of sp³-hybridized carbons (Fsp3) is 0.588. The Labute approximate surface area is 138 Å². The van der Waals surface area contributed by atoms with Gasteiger partial charge in [0.25, 0.3) is 0 Å². The van der Waals surface area contributed by atoms with Crippen molar-refractivity contribution in [3.63, 3.8) is 0 Å². The zero-order valence-corrected chi connectivity index (χ0v) is 14.4. The van der Waals surface area contributed by atoms with E-state index in [2.05, 4.69) is 27.7 Å². The molecule has 1 fully saturated rings. The highest BCUT2D eigenvalue weighted by molar-refractivity contribution is 6.63. The molecule has 1 saturated heterocycles. The third-order valence-corrected chi connectivity index (χ3v) is 3.97. The van der Waals surface area contributed by atoms with Gasteiger partial charge in [-0.25, -0.2) is 0 Å². The first-order chi connectivity index (χ1) is 11.0. The van der Waals surface area contributed by atoms with Crippen molar-refractivity contribution < 1.29 is 18.8 Å². The smallest absolute Gasteiger partial charge is 0.497 e. The molecule has 1 aromatic carbocycles. The lowest BCUT2D eigenvalue weighted by atomic mass is 9.78. The number of nitrogens with zero attached hydrogens (tertiary/aromatic N) is 1. The maximum absolute atomic E-state index is 8.77. The first-order valence-corrected chi connectivity index (χ1v) is 7.96. The maximum Gasteiger partial charge on any atom is 0.498 e. The van der Waals surface area contributed by atoms with Gasteiger partial charge in [0.1, 0.15) is 17.6 Å². The van der Waals surface area contributed by atoms with Crippen molar-refractivity contribution in [3.05, 3.63) is 18.2 Å². The number of nitriles is 1. The Balaban J connectivity index is 2.29. The number of ether oxygens (including phenoxy) is 2. The van der Waals surface area contributed by atoms with Gasteiger partial charge in [-0.2, -0.15) is 5.26 Å². The SMILES string of the molecule is COc1ccc(B2OC(C(C)C)C(C(C)C)O2)c(OCC#N)c1. The molecule has 1 aromatic rings. The predicted octanol–water partition coefficient (Wildman–Crippen LogP) is 2.39. The fourth-order valence-electron chi connectivity index (χ4n) is 2.76. The van der Waals surface area contributed by atoms with E-state index in [-0.39, 0.29) is 18.8 Å². The Bertz CT molecular complexity index is 554. The zero-order valence-electron chi connectivity index (χ0n) is 14.4. The van der Waals surface area contributed by atoms with Crippen LogP contribution in [0.5, 0.6) is 11.5 Å². The highest BCUT2D eigenvalue weighted by Gasteiger charge is 2.44. The third kappa shape index (κ3) is 3.98. The fourth-order valence-corrected chi connectivity index (χ4v) is 2.76. The number of hydrogen-bond acceptors (Lipinski definition) is 5. The lowest BCUT2D eigenvalue weighted by Crippen LogP contribution is -2.34. The molecule has 0 aliphatic carbocycles. The van der Waals surface area contributed by atoms with Crippen LogP contribution in [-0.2, 0) is 9.31 Å². The van der Waals surface area contributed by atoms with Crippen LogP contribution in [-0.4, -0.2) is 33.0 Å². The molecule has 124 valence electrons. The van der Waals surface area contributed by atoms with E-state index < -0.39 is 7.12 Å². The molecule has 0 radical (unpaired) electrons. The molecule has 2 unspecified atom stereocenters. The summed E-state index contributed by atoms with van der Waals surface area (Å²) in [5.74, 6) is 1.94. The van der Waals surface area contributed by atoms with Crippen molar-refractivity contribution in [2.24, 2.45) is 11.8 Å². The summed E-state index contributed by atoms with van der Waals surface area (Å²) < 4.78 is 23.1. The van der Waals surface area contributed by atoms with E-state index in [0.29, 0.717) is 23.3 Å². The van der Waals surface area contributed by atoms with Crippen LogP contribution in [0.1, 0.15) is 27.7 Å². The van der Waals surface area contributed by atoms with E-state index >= 15 is 0 Å². The lowest BCUT2D eigenvalue weighted by molar-refractivity contribution is 0.0815. The molecule has 2 rings (SSSR count). The number of benzene rings is 1. The second kappa shape index (κ2) is 7.71. The Morgan fingerprint density at radius 3 is 2.26 bits per heavy atom. The van der Waals surface area contributed by atoms with Crippen LogP contribution >= 0.6 is 0 Å². The van der Waals surface area contributed by atoms with Crippen LogP contribution < -0.4 is 14.9 Å². The summed E-state index contributed by atoms with van der Waals surface area (Å²) in [5, 5.41) is 8.77. The molecular weight excluding hydrogens is 293 g/mol. The van der Waals surface area contributed by atoms with E-state index in [1.54, 1.807) is 13.2 Å². The molecule has 2 atom stereocenters. The minimum atomic E-state index is -0.491. The van der Waals surface area contributed by atoms with Gasteiger partial charge in [0.05, 0.1) is 19.3 Å². The van der Waals surface area contributed by atoms with E-state index in [4.69, 9.17) is 24.0 Å². The summed E-state index contributed by atoms with van der Waals surface area (Å²) in [7, 11) is 1.10. The summed E-state index contributed by atoms with van der Waals surface area (Å²) in [6.07, 6.45) is 0.0665. The molecule has 23 heavy (non-hydrogen) atoms. The van der Waals surface area contributed by atoms with Crippen LogP contribution in [0.25, 0.3) is 0 Å². The molecule has 0 amide bonds. The summed E-state index contributed by atoms with van der Waals surface area (Å²) in [6, 6.07) is 7.45. The minimum Gasteiger partial charge on any atom is -0.497 e. The van der Waals surface area contributed by atoms with Gasteiger partial charge in [0.15, 0.2) is 6.61 Å². The molecule has 0 N–H and O–H groups in total. The van der Waals surface area contributed by atoms with Crippen molar-refractivity contribution in [1.29, 1.82) is 5.26 Å². The molecule has 0 bridgehead atoms. The molecule has 1 aliphatic heterocycles. The van der Waals surface area contributed by atoms with Crippen LogP contribution in [0.3, 0.4) is 0 Å². The van der Waals surface area contributed by atoms with Crippen molar-refractivity contribution in [3.8, 4) is 17.6 Å². The Morgan fingerprint density at radius 2 is 1.78 bits per heavy atom. The molecule has 6 heteroatoms. The molecular formula is C17H24BNO4. The van der Waals surface area contributed by atoms with Crippen LogP contribution in [0.2, 0.25) is 0 Å². The van der Waals surface area contributed by atoms with E-state index in [1.807, 2.05) is 18.2 Å². The van der Waals surface area contributed by atoms with Gasteiger partial charge in [0, 0.05) is 11.5 Å². The van der Waals surface area contributed by atoms with Gasteiger partial charge in [-0.15, -0.1) is 0 Å². The zero-order chi connectivity index (χ0) is 17.0. The highest BCUT2D eigenvalue weighted by Crippen LogP contribution is 2.30. The molecule has 0 aromatic heterocycles. The summed E-state index contributed by atoms with van der Waals surface area (Å²) in [4.78, 5) is 0. The summed E-state index contributed by atoms with van der Waals surface area (Å²) in [5.41, 5.74) is 0.787. The third-order valence-electron chi connectivity index (χ3n) is 3.97. The van der Waals surface area contributed by atoms with Gasteiger partial charge in [-0.1, -0.05) is 33.8 Å². The van der Waals surface area contributed by atoms with E-state index in [9.17, 15) is 0 Å². The molecule has 0 saturated carbocycles. The normalized spacial score (nSPS) is 20.9. The van der Waals surface area contributed by atoms with E-state index in [0.717, 1.165) is 5.46 Å². The van der Waals surface area contributed by atoms with Gasteiger partial charge >= 0.3 is 7.12 Å². The largest absolute Gasteiger partial charge is 0.498 e. The quantitative estimate of drug-likeness (QED) is 0.754. The molecule has 0 spiro atoms. The summed E-state index contributed by atoms with van der Waals surface area (Å²) in [6.45, 7) is 8.49. The topological polar surface area (TPSA) is 60.7 Å². The number of rotatable bonds is 6. The first-order valence-electron chi connectivity index (χ1n) is 7.96. The Morgan fingerprint density at radius 1 is 1.17 bits per heavy atom.